The predicted octanol–water partition coefficient (Wildman–Crippen LogP) is 3.62. The molecule has 2 saturated heterocycles. The smallest absolute Gasteiger partial charge is 0.229 e. The van der Waals surface area contributed by atoms with E-state index in [2.05, 4.69) is 49.6 Å². The summed E-state index contributed by atoms with van der Waals surface area (Å²) in [7, 11) is 1.61. The quantitative estimate of drug-likeness (QED) is 0.397. The average Bonchev–Trinajstić information content (AvgIpc) is 3.24. The van der Waals surface area contributed by atoms with E-state index in [-0.39, 0.29) is 22.9 Å². The molecule has 8 nitrogen and oxygen atoms in total. The first-order valence-corrected chi connectivity index (χ1v) is 11.6. The van der Waals surface area contributed by atoms with Gasteiger partial charge in [-0.05, 0) is 23.8 Å². The van der Waals surface area contributed by atoms with Gasteiger partial charge in [-0.15, -0.1) is 0 Å². The topological polar surface area (TPSA) is 104 Å². The lowest BCUT2D eigenvalue weighted by atomic mass is 9.71. The van der Waals surface area contributed by atoms with Crippen LogP contribution in [0.3, 0.4) is 0 Å². The van der Waals surface area contributed by atoms with Crippen molar-refractivity contribution in [2.24, 2.45) is 10.8 Å². The fourth-order valence-corrected chi connectivity index (χ4v) is 5.25. The number of anilines is 4. The Bertz CT molecular complexity index is 1230. The second-order valence-corrected chi connectivity index (χ2v) is 10.1. The molecule has 0 amide bonds. The average molecular weight is 481 g/mol. The molecule has 0 bridgehead atoms. The van der Waals surface area contributed by atoms with Crippen LogP contribution in [0.4, 0.5) is 31.9 Å². The summed E-state index contributed by atoms with van der Waals surface area (Å²) >= 11 is 0. The molecule has 2 fully saturated rings. The van der Waals surface area contributed by atoms with Crippen molar-refractivity contribution in [1.29, 1.82) is 0 Å². The molecule has 0 saturated carbocycles. The Hall–Kier alpha value is -3.37. The zero-order chi connectivity index (χ0) is 24.8. The Balaban J connectivity index is 1.30. The van der Waals surface area contributed by atoms with Crippen LogP contribution in [-0.2, 0) is 6.54 Å². The van der Waals surface area contributed by atoms with Gasteiger partial charge in [-0.1, -0.05) is 19.9 Å². The van der Waals surface area contributed by atoms with Gasteiger partial charge in [0.25, 0.3) is 0 Å². The van der Waals surface area contributed by atoms with Crippen LogP contribution in [0, 0.1) is 22.5 Å². The maximum atomic E-state index is 14.5. The lowest BCUT2D eigenvalue weighted by Gasteiger charge is -2.31. The molecular weight excluding hydrogens is 450 g/mol. The van der Waals surface area contributed by atoms with Crippen molar-refractivity contribution < 1.29 is 8.78 Å². The molecule has 2 unspecified atom stereocenters. The van der Waals surface area contributed by atoms with Gasteiger partial charge in [0.2, 0.25) is 5.95 Å². The molecule has 2 atom stereocenters. The minimum Gasteiger partial charge on any atom is -0.395 e. The number of likely N-dealkylation sites (tertiary alicyclic amines) is 1. The molecule has 35 heavy (non-hydrogen) atoms. The van der Waals surface area contributed by atoms with Crippen molar-refractivity contribution >= 4 is 23.1 Å². The van der Waals surface area contributed by atoms with Crippen molar-refractivity contribution in [1.82, 2.24) is 25.2 Å². The van der Waals surface area contributed by atoms with E-state index in [9.17, 15) is 8.78 Å². The summed E-state index contributed by atoms with van der Waals surface area (Å²) in [4.78, 5) is 15.2. The van der Waals surface area contributed by atoms with E-state index in [4.69, 9.17) is 5.73 Å². The van der Waals surface area contributed by atoms with E-state index in [1.165, 1.54) is 0 Å². The van der Waals surface area contributed by atoms with E-state index >= 15 is 0 Å². The molecule has 2 aliphatic heterocycles. The van der Waals surface area contributed by atoms with Crippen LogP contribution >= 0.6 is 0 Å². The van der Waals surface area contributed by atoms with E-state index in [1.54, 1.807) is 13.1 Å². The number of nitrogens with zero attached hydrogens (tertiary/aromatic N) is 4. The van der Waals surface area contributed by atoms with Crippen LogP contribution < -0.4 is 21.7 Å². The third-order valence-electron chi connectivity index (χ3n) is 7.52. The van der Waals surface area contributed by atoms with Crippen molar-refractivity contribution in [2.75, 3.05) is 49.6 Å². The highest BCUT2D eigenvalue weighted by Crippen LogP contribution is 2.48. The summed E-state index contributed by atoms with van der Waals surface area (Å²) in [6, 6.07) is 6.57. The summed E-state index contributed by atoms with van der Waals surface area (Å²) in [5, 5.41) is 9.35. The van der Waals surface area contributed by atoms with Gasteiger partial charge in [-0.2, -0.15) is 0 Å². The van der Waals surface area contributed by atoms with Crippen molar-refractivity contribution in [3.63, 3.8) is 0 Å². The third-order valence-corrected chi connectivity index (χ3v) is 7.52. The van der Waals surface area contributed by atoms with Crippen LogP contribution in [0.15, 0.2) is 36.7 Å². The molecule has 4 heterocycles. The molecule has 2 aliphatic rings. The number of halogens is 2. The Morgan fingerprint density at radius 2 is 1.80 bits per heavy atom. The highest BCUT2D eigenvalue weighted by atomic mass is 19.1. The van der Waals surface area contributed by atoms with Crippen LogP contribution in [0.5, 0.6) is 0 Å². The number of rotatable bonds is 6. The highest BCUT2D eigenvalue weighted by Gasteiger charge is 2.54. The lowest BCUT2D eigenvalue weighted by Crippen LogP contribution is -2.34. The number of hydrogen-bond donors (Lipinski definition) is 4. The largest absolute Gasteiger partial charge is 0.395 e. The van der Waals surface area contributed by atoms with Crippen LogP contribution in [0.2, 0.25) is 0 Å². The Morgan fingerprint density at radius 3 is 2.46 bits per heavy atom. The zero-order valence-electron chi connectivity index (χ0n) is 20.1. The first kappa shape index (κ1) is 23.4. The fraction of sp³-hybridized carbons (Fsp3) is 0.400. The SMILES string of the molecule is CNc1cc(-c2nc(Nc3ccc(CN4CC5(C)CNCC5(C)C4)cn3)ncc2F)cc(F)c1N. The molecule has 0 aliphatic carbocycles. The predicted molar refractivity (Wildman–Crippen MR) is 133 cm³/mol. The van der Waals surface area contributed by atoms with Gasteiger partial charge in [0, 0.05) is 62.4 Å². The second-order valence-electron chi connectivity index (χ2n) is 10.1. The van der Waals surface area contributed by atoms with Crippen molar-refractivity contribution in [3.05, 3.63) is 53.9 Å². The zero-order valence-corrected chi connectivity index (χ0v) is 20.1. The third kappa shape index (κ3) is 4.28. The van der Waals surface area contributed by atoms with E-state index < -0.39 is 11.6 Å². The van der Waals surface area contributed by atoms with Gasteiger partial charge in [0.05, 0.1) is 17.6 Å². The van der Waals surface area contributed by atoms with Gasteiger partial charge in [-0.3, -0.25) is 4.90 Å². The number of benzene rings is 1. The number of fused-ring (bicyclic) bond motifs is 1. The maximum absolute atomic E-state index is 14.5. The van der Waals surface area contributed by atoms with E-state index in [1.807, 2.05) is 18.3 Å². The molecule has 10 heteroatoms. The first-order valence-electron chi connectivity index (χ1n) is 11.6. The Morgan fingerprint density at radius 1 is 1.06 bits per heavy atom. The number of hydrogen-bond acceptors (Lipinski definition) is 8. The minimum absolute atomic E-state index is 0.0365. The van der Waals surface area contributed by atoms with Gasteiger partial charge >= 0.3 is 0 Å². The summed E-state index contributed by atoms with van der Waals surface area (Å²) < 4.78 is 28.7. The number of nitrogens with one attached hydrogen (secondary N) is 3. The molecule has 3 aromatic rings. The molecule has 2 aromatic heterocycles. The molecule has 1 aromatic carbocycles. The van der Waals surface area contributed by atoms with Crippen molar-refractivity contribution in [2.45, 2.75) is 20.4 Å². The van der Waals surface area contributed by atoms with E-state index in [0.717, 1.165) is 50.6 Å². The standard InChI is InChI=1S/C25H30F2N8/c1-24-11-30-12-25(24,2)14-35(13-24)10-15-4-5-20(31-8-15)33-23-32-9-18(27)22(34-23)16-6-17(26)21(28)19(7-16)29-3/h4-9,29-30H,10-14,28H2,1-3H3,(H,31,32,33,34). The lowest BCUT2D eigenvalue weighted by molar-refractivity contribution is 0.212. The summed E-state index contributed by atoms with van der Waals surface area (Å²) in [5.41, 5.74) is 7.95. The number of nitrogen functional groups attached to an aromatic ring is 1. The Labute approximate surface area is 203 Å². The summed E-state index contributed by atoms with van der Waals surface area (Å²) in [6.45, 7) is 9.81. The fourth-order valence-electron chi connectivity index (χ4n) is 5.25. The van der Waals surface area contributed by atoms with Crippen LogP contribution in [-0.4, -0.2) is 53.1 Å². The molecule has 5 rings (SSSR count). The van der Waals surface area contributed by atoms with Crippen LogP contribution in [0.25, 0.3) is 11.3 Å². The van der Waals surface area contributed by atoms with Crippen molar-refractivity contribution in [3.8, 4) is 11.3 Å². The molecular formula is C25H30F2N8. The monoisotopic (exact) mass is 480 g/mol. The van der Waals surface area contributed by atoms with Gasteiger partial charge in [-0.25, -0.2) is 23.7 Å². The number of pyridine rings is 1. The first-order chi connectivity index (χ1) is 16.7. The van der Waals surface area contributed by atoms with Gasteiger partial charge in [0.15, 0.2) is 5.82 Å². The van der Waals surface area contributed by atoms with E-state index in [0.29, 0.717) is 22.3 Å². The highest BCUT2D eigenvalue weighted by molar-refractivity contribution is 5.75. The van der Waals surface area contributed by atoms with Gasteiger partial charge in [0.1, 0.15) is 17.3 Å². The minimum atomic E-state index is -0.668. The maximum Gasteiger partial charge on any atom is 0.229 e. The summed E-state index contributed by atoms with van der Waals surface area (Å²) in [6.07, 6.45) is 2.88. The Kier molecular flexibility index (Phi) is 5.80. The second kappa shape index (κ2) is 8.69. The number of nitrogens with two attached hydrogens (primary N) is 1. The molecule has 184 valence electrons. The molecule has 5 N–H and O–H groups in total. The van der Waals surface area contributed by atoms with Crippen LogP contribution in [0.1, 0.15) is 19.4 Å². The molecule has 0 radical (unpaired) electrons. The molecule has 0 spiro atoms. The van der Waals surface area contributed by atoms with Gasteiger partial charge < -0.3 is 21.7 Å². The normalized spacial score (nSPS) is 23.9. The number of aromatic nitrogens is 3. The summed E-state index contributed by atoms with van der Waals surface area (Å²) in [5.74, 6) is -0.631.